The average molecular weight is 529 g/mol. The first-order valence-corrected chi connectivity index (χ1v) is 12.5. The first-order valence-electron chi connectivity index (χ1n) is 12.2. The fourth-order valence-corrected chi connectivity index (χ4v) is 3.84. The van der Waals surface area contributed by atoms with Crippen molar-refractivity contribution in [1.29, 1.82) is 0 Å². The number of aromatic nitrogens is 1. The number of carbonyl (C=O) groups is 1. The molecule has 0 amide bonds. The number of aliphatic imine (C=N–C) groups is 1. The first kappa shape index (κ1) is 30.1. The number of esters is 1. The van der Waals surface area contributed by atoms with Crippen LogP contribution in [0.5, 0.6) is 0 Å². The summed E-state index contributed by atoms with van der Waals surface area (Å²) in [5, 5.41) is 0.619. The van der Waals surface area contributed by atoms with Crippen LogP contribution in [0.15, 0.2) is 83.5 Å². The maximum atomic E-state index is 12.6. The second-order valence-electron chi connectivity index (χ2n) is 8.02. The minimum Gasteiger partial charge on any atom is -0.485 e. The Morgan fingerprint density at radius 2 is 1.87 bits per heavy atom. The zero-order chi connectivity index (χ0) is 27.9. The highest BCUT2D eigenvalue weighted by Gasteiger charge is 2.24. The van der Waals surface area contributed by atoms with Crippen molar-refractivity contribution in [2.24, 2.45) is 4.99 Å². The van der Waals surface area contributed by atoms with Gasteiger partial charge in [0, 0.05) is 23.8 Å². The van der Waals surface area contributed by atoms with Crippen molar-refractivity contribution in [2.45, 2.75) is 33.8 Å². The van der Waals surface area contributed by atoms with E-state index >= 15 is 0 Å². The van der Waals surface area contributed by atoms with E-state index in [1.807, 2.05) is 74.5 Å². The van der Waals surface area contributed by atoms with Crippen LogP contribution in [0.3, 0.4) is 0 Å². The molecule has 3 aromatic rings. The Hall–Kier alpha value is -4.14. The molecule has 5 nitrogen and oxygen atoms in total. The third-order valence-electron chi connectivity index (χ3n) is 5.45. The van der Waals surface area contributed by atoms with Gasteiger partial charge in [0.15, 0.2) is 11.3 Å². The van der Waals surface area contributed by atoms with Gasteiger partial charge in [0.25, 0.3) is 0 Å². The summed E-state index contributed by atoms with van der Waals surface area (Å²) in [7, 11) is 3.04. The lowest BCUT2D eigenvalue weighted by molar-refractivity contribution is -0.135. The Labute approximate surface area is 230 Å². The van der Waals surface area contributed by atoms with E-state index < -0.39 is 5.97 Å². The fraction of sp³-hybridized carbons (Fsp3) is 0.219. The summed E-state index contributed by atoms with van der Waals surface area (Å²) in [6.07, 6.45) is 12.1. The number of carbonyl (C=O) groups excluding carboxylic acids is 1. The molecule has 0 unspecified atom stereocenters. The highest BCUT2D eigenvalue weighted by Crippen LogP contribution is 2.36. The quantitative estimate of drug-likeness (QED) is 0.0989. The molecular weight excluding hydrogens is 496 g/mol. The Morgan fingerprint density at radius 3 is 2.45 bits per heavy atom. The van der Waals surface area contributed by atoms with Gasteiger partial charge in [-0.3, -0.25) is 4.98 Å². The van der Waals surface area contributed by atoms with Crippen molar-refractivity contribution in [1.82, 2.24) is 4.98 Å². The second-order valence-corrected chi connectivity index (χ2v) is 8.46. The summed E-state index contributed by atoms with van der Waals surface area (Å²) < 4.78 is 11.2. The third-order valence-corrected chi connectivity index (χ3v) is 5.69. The molecule has 38 heavy (non-hydrogen) atoms. The number of hydrogen-bond acceptors (Lipinski definition) is 5. The number of pyridine rings is 1. The van der Waals surface area contributed by atoms with Gasteiger partial charge in [-0.1, -0.05) is 73.0 Å². The SMILES string of the molecule is C#C/C(C(=O)OC)=C(/OCc1ccccc1)c1nccc(-c2cccc(Cl)c2)c1/C(C)=C\CC.CC=NC. The van der Waals surface area contributed by atoms with E-state index in [1.54, 1.807) is 19.5 Å². The molecule has 0 atom stereocenters. The normalized spacial score (nSPS) is 11.7. The van der Waals surface area contributed by atoms with E-state index in [0.717, 1.165) is 34.2 Å². The first-order chi connectivity index (χ1) is 18.4. The Morgan fingerprint density at radius 1 is 1.16 bits per heavy atom. The summed E-state index contributed by atoms with van der Waals surface area (Å²) in [6, 6.07) is 19.1. The van der Waals surface area contributed by atoms with Crippen LogP contribution in [0.2, 0.25) is 5.02 Å². The van der Waals surface area contributed by atoms with Gasteiger partial charge in [-0.25, -0.2) is 4.79 Å². The predicted molar refractivity (Wildman–Crippen MR) is 158 cm³/mol. The number of hydrogen-bond donors (Lipinski definition) is 0. The fourth-order valence-electron chi connectivity index (χ4n) is 3.65. The van der Waals surface area contributed by atoms with E-state index in [4.69, 9.17) is 27.5 Å². The maximum absolute atomic E-state index is 12.6. The van der Waals surface area contributed by atoms with Crippen molar-refractivity contribution in [3.8, 4) is 23.5 Å². The zero-order valence-corrected chi connectivity index (χ0v) is 23.3. The number of methoxy groups -OCH3 is 1. The van der Waals surface area contributed by atoms with Crippen LogP contribution in [0, 0.1) is 12.3 Å². The van der Waals surface area contributed by atoms with E-state index in [9.17, 15) is 4.79 Å². The van der Waals surface area contributed by atoms with Crippen LogP contribution in [0.1, 0.15) is 44.0 Å². The molecule has 1 aromatic heterocycles. The van der Waals surface area contributed by atoms with Crippen molar-refractivity contribution >= 4 is 35.1 Å². The molecule has 0 aliphatic rings. The molecular formula is C32H33ClN2O3. The molecule has 0 saturated carbocycles. The van der Waals surface area contributed by atoms with Gasteiger partial charge >= 0.3 is 5.97 Å². The lowest BCUT2D eigenvalue weighted by Gasteiger charge is -2.19. The smallest absolute Gasteiger partial charge is 0.350 e. The molecule has 0 bridgehead atoms. The molecule has 6 heteroatoms. The number of rotatable bonds is 8. The summed E-state index contributed by atoms with van der Waals surface area (Å²) in [4.78, 5) is 20.9. The highest BCUT2D eigenvalue weighted by molar-refractivity contribution is 6.30. The number of halogens is 1. The van der Waals surface area contributed by atoms with Crippen molar-refractivity contribution in [3.05, 3.63) is 100 Å². The molecule has 0 aliphatic carbocycles. The maximum Gasteiger partial charge on any atom is 0.350 e. The molecule has 1 heterocycles. The zero-order valence-electron chi connectivity index (χ0n) is 22.5. The molecule has 0 fully saturated rings. The minimum absolute atomic E-state index is 0.0280. The van der Waals surface area contributed by atoms with Crippen molar-refractivity contribution < 1.29 is 14.3 Å². The number of allylic oxidation sites excluding steroid dienone is 2. The van der Waals surface area contributed by atoms with Gasteiger partial charge in [0.2, 0.25) is 0 Å². The van der Waals surface area contributed by atoms with Crippen molar-refractivity contribution in [3.63, 3.8) is 0 Å². The van der Waals surface area contributed by atoms with Gasteiger partial charge in [-0.2, -0.15) is 0 Å². The summed E-state index contributed by atoms with van der Waals surface area (Å²) in [5.74, 6) is 1.99. The van der Waals surface area contributed by atoms with Crippen LogP contribution in [-0.2, 0) is 20.9 Å². The Kier molecular flexibility index (Phi) is 12.6. The molecule has 0 spiro atoms. The van der Waals surface area contributed by atoms with Crippen LogP contribution >= 0.6 is 11.6 Å². The van der Waals surface area contributed by atoms with Crippen LogP contribution in [-0.4, -0.2) is 31.3 Å². The molecule has 2 aromatic carbocycles. The lowest BCUT2D eigenvalue weighted by Crippen LogP contribution is -2.11. The minimum atomic E-state index is -0.663. The molecule has 0 N–H and O–H groups in total. The summed E-state index contributed by atoms with van der Waals surface area (Å²) in [6.45, 7) is 6.15. The van der Waals surface area contributed by atoms with Gasteiger partial charge in [-0.05, 0) is 66.9 Å². The molecule has 0 saturated heterocycles. The number of nitrogens with zero attached hydrogens (tertiary/aromatic N) is 2. The number of ether oxygens (including phenoxy) is 2. The Balaban J connectivity index is 0.00000118. The second kappa shape index (κ2) is 15.9. The van der Waals surface area contributed by atoms with Gasteiger partial charge < -0.3 is 14.5 Å². The van der Waals surface area contributed by atoms with Gasteiger partial charge in [-0.15, -0.1) is 6.42 Å². The van der Waals surface area contributed by atoms with E-state index in [-0.39, 0.29) is 17.9 Å². The van der Waals surface area contributed by atoms with Crippen LogP contribution in [0.4, 0.5) is 0 Å². The van der Waals surface area contributed by atoms with Crippen LogP contribution in [0.25, 0.3) is 22.5 Å². The summed E-state index contributed by atoms with van der Waals surface area (Å²) >= 11 is 6.29. The van der Waals surface area contributed by atoms with Crippen molar-refractivity contribution in [2.75, 3.05) is 14.2 Å². The topological polar surface area (TPSA) is 60.8 Å². The third kappa shape index (κ3) is 8.19. The van der Waals surface area contributed by atoms with Gasteiger partial charge in [0.1, 0.15) is 12.3 Å². The lowest BCUT2D eigenvalue weighted by atomic mass is 9.92. The van der Waals surface area contributed by atoms with Gasteiger partial charge in [0.05, 0.1) is 7.11 Å². The molecule has 196 valence electrons. The van der Waals surface area contributed by atoms with E-state index in [1.165, 1.54) is 7.11 Å². The summed E-state index contributed by atoms with van der Waals surface area (Å²) in [5.41, 5.74) is 4.96. The molecule has 3 rings (SSSR count). The Bertz CT molecular complexity index is 1350. The highest BCUT2D eigenvalue weighted by atomic mass is 35.5. The largest absolute Gasteiger partial charge is 0.485 e. The van der Waals surface area contributed by atoms with Crippen LogP contribution < -0.4 is 0 Å². The standard InChI is InChI=1S/C29H26ClNO3.C3H7N/c1-5-11-20(3)26-25(22-14-10-15-23(30)18-22)16-17-31-27(26)28(24(6-2)29(32)33-4)34-19-21-12-8-7-9-13-21;1-3-4-2/h2,7-18H,5,19H2,1,3-4H3;3H,1-2H3/b20-11-,28-24-;. The molecule has 0 radical (unpaired) electrons. The predicted octanol–water partition coefficient (Wildman–Crippen LogP) is 7.66. The van der Waals surface area contributed by atoms with E-state index in [2.05, 4.69) is 28.9 Å². The number of benzene rings is 2. The monoisotopic (exact) mass is 528 g/mol. The molecule has 0 aliphatic heterocycles. The van der Waals surface area contributed by atoms with E-state index in [0.29, 0.717) is 10.7 Å². The average Bonchev–Trinajstić information content (AvgIpc) is 2.95. The number of terminal acetylenes is 1.